The molecule has 2 heteroatoms. The molecule has 2 aliphatic rings. The highest BCUT2D eigenvalue weighted by Gasteiger charge is 2.30. The van der Waals surface area contributed by atoms with Gasteiger partial charge in [0.25, 0.3) is 0 Å². The van der Waals surface area contributed by atoms with E-state index in [1.807, 2.05) is 0 Å². The summed E-state index contributed by atoms with van der Waals surface area (Å²) in [4.78, 5) is 2.81. The summed E-state index contributed by atoms with van der Waals surface area (Å²) in [5, 5.41) is 3.74. The van der Waals surface area contributed by atoms with Gasteiger partial charge >= 0.3 is 0 Å². The van der Waals surface area contributed by atoms with E-state index in [-0.39, 0.29) is 0 Å². The second-order valence-corrected chi connectivity index (χ2v) is 6.69. The second-order valence-electron chi connectivity index (χ2n) is 6.69. The second kappa shape index (κ2) is 6.91. The van der Waals surface area contributed by atoms with Crippen LogP contribution in [0.2, 0.25) is 0 Å². The van der Waals surface area contributed by atoms with Gasteiger partial charge < -0.3 is 5.32 Å². The van der Waals surface area contributed by atoms with Gasteiger partial charge in [-0.2, -0.15) is 0 Å². The van der Waals surface area contributed by atoms with Gasteiger partial charge in [0.05, 0.1) is 0 Å². The summed E-state index contributed by atoms with van der Waals surface area (Å²) in [6, 6.07) is 1.53. The maximum atomic E-state index is 3.74. The maximum Gasteiger partial charge on any atom is 0.0218 e. The highest BCUT2D eigenvalue weighted by molar-refractivity contribution is 4.87. The molecule has 1 heterocycles. The molecule has 0 radical (unpaired) electrons. The molecule has 0 amide bonds. The summed E-state index contributed by atoms with van der Waals surface area (Å²) in [6.07, 6.45) is 8.36. The Hall–Kier alpha value is -0.0800. The van der Waals surface area contributed by atoms with Crippen molar-refractivity contribution in [3.8, 4) is 0 Å². The fourth-order valence-corrected chi connectivity index (χ4v) is 3.92. The molecule has 1 saturated carbocycles. The highest BCUT2D eigenvalue weighted by atomic mass is 15.2. The van der Waals surface area contributed by atoms with Crippen molar-refractivity contribution >= 4 is 0 Å². The van der Waals surface area contributed by atoms with Gasteiger partial charge in [-0.3, -0.25) is 4.90 Å². The molecule has 4 unspecified atom stereocenters. The van der Waals surface area contributed by atoms with Gasteiger partial charge in [-0.25, -0.2) is 0 Å². The van der Waals surface area contributed by atoms with E-state index in [4.69, 9.17) is 0 Å². The number of nitrogens with one attached hydrogen (secondary N) is 1. The van der Waals surface area contributed by atoms with Crippen LogP contribution in [-0.4, -0.2) is 36.6 Å². The van der Waals surface area contributed by atoms with E-state index in [9.17, 15) is 0 Å². The summed E-state index contributed by atoms with van der Waals surface area (Å²) in [6.45, 7) is 10.9. The van der Waals surface area contributed by atoms with Crippen LogP contribution in [0.15, 0.2) is 0 Å². The number of rotatable bonds is 5. The molecule has 2 fully saturated rings. The summed E-state index contributed by atoms with van der Waals surface area (Å²) >= 11 is 0. The monoisotopic (exact) mass is 252 g/mol. The van der Waals surface area contributed by atoms with Gasteiger partial charge in [-0.1, -0.05) is 33.6 Å². The third-order valence-electron chi connectivity index (χ3n) is 5.02. The van der Waals surface area contributed by atoms with Crippen LogP contribution in [0.3, 0.4) is 0 Å². The zero-order valence-corrected chi connectivity index (χ0v) is 12.6. The van der Waals surface area contributed by atoms with Gasteiger partial charge in [0.2, 0.25) is 0 Å². The Labute approximate surface area is 114 Å². The Morgan fingerprint density at radius 1 is 1.22 bits per heavy atom. The van der Waals surface area contributed by atoms with Crippen LogP contribution >= 0.6 is 0 Å². The Kier molecular flexibility index (Phi) is 5.50. The minimum absolute atomic E-state index is 0.747. The van der Waals surface area contributed by atoms with Crippen LogP contribution in [0.4, 0.5) is 0 Å². The Morgan fingerprint density at radius 3 is 2.67 bits per heavy atom. The normalized spacial score (nSPS) is 38.2. The number of piperazine rings is 1. The van der Waals surface area contributed by atoms with Gasteiger partial charge in [0.15, 0.2) is 0 Å². The SMILES string of the molecule is CCCC1CN(CC2CCC(C)C2)C(CC)CN1. The van der Waals surface area contributed by atoms with Crippen LogP contribution in [-0.2, 0) is 0 Å². The van der Waals surface area contributed by atoms with Gasteiger partial charge in [-0.05, 0) is 37.5 Å². The van der Waals surface area contributed by atoms with Crippen LogP contribution in [0, 0.1) is 11.8 Å². The van der Waals surface area contributed by atoms with E-state index in [2.05, 4.69) is 31.0 Å². The van der Waals surface area contributed by atoms with Crippen LogP contribution in [0.1, 0.15) is 59.3 Å². The lowest BCUT2D eigenvalue weighted by molar-refractivity contribution is 0.104. The molecule has 0 aromatic carbocycles. The average Bonchev–Trinajstić information content (AvgIpc) is 2.76. The Bertz CT molecular complexity index is 241. The third-order valence-corrected chi connectivity index (χ3v) is 5.02. The fraction of sp³-hybridized carbons (Fsp3) is 1.00. The average molecular weight is 252 g/mol. The number of hydrogen-bond acceptors (Lipinski definition) is 2. The molecule has 0 aromatic heterocycles. The molecule has 2 rings (SSSR count). The molecule has 0 spiro atoms. The fourth-order valence-electron chi connectivity index (χ4n) is 3.92. The predicted octanol–water partition coefficient (Wildman–Crippen LogP) is 3.28. The largest absolute Gasteiger partial charge is 0.311 e. The molecule has 1 aliphatic carbocycles. The quantitative estimate of drug-likeness (QED) is 0.808. The molecular weight excluding hydrogens is 220 g/mol. The summed E-state index contributed by atoms with van der Waals surface area (Å²) in [7, 11) is 0. The van der Waals surface area contributed by atoms with Gasteiger partial charge in [0, 0.05) is 31.7 Å². The molecule has 2 nitrogen and oxygen atoms in total. The van der Waals surface area contributed by atoms with Crippen molar-refractivity contribution in [1.82, 2.24) is 10.2 Å². The molecule has 1 aliphatic heterocycles. The lowest BCUT2D eigenvalue weighted by atomic mass is 9.99. The molecule has 18 heavy (non-hydrogen) atoms. The van der Waals surface area contributed by atoms with E-state index in [0.29, 0.717) is 0 Å². The van der Waals surface area contributed by atoms with Crippen molar-refractivity contribution in [3.63, 3.8) is 0 Å². The standard InChI is InChI=1S/C16H32N2/c1-4-6-15-12-18(16(5-2)10-17-15)11-14-8-7-13(3)9-14/h13-17H,4-12H2,1-3H3. The molecule has 106 valence electrons. The highest BCUT2D eigenvalue weighted by Crippen LogP contribution is 2.31. The Balaban J connectivity index is 1.85. The summed E-state index contributed by atoms with van der Waals surface area (Å²) in [5.41, 5.74) is 0. The minimum atomic E-state index is 0.747. The topological polar surface area (TPSA) is 15.3 Å². The Morgan fingerprint density at radius 2 is 2.06 bits per heavy atom. The zero-order valence-electron chi connectivity index (χ0n) is 12.6. The lowest BCUT2D eigenvalue weighted by Gasteiger charge is -2.41. The maximum absolute atomic E-state index is 3.74. The van der Waals surface area contributed by atoms with E-state index in [0.717, 1.165) is 23.9 Å². The van der Waals surface area contributed by atoms with Crippen molar-refractivity contribution in [2.24, 2.45) is 11.8 Å². The molecule has 1 saturated heterocycles. The van der Waals surface area contributed by atoms with Crippen molar-refractivity contribution in [3.05, 3.63) is 0 Å². The van der Waals surface area contributed by atoms with E-state index < -0.39 is 0 Å². The zero-order chi connectivity index (χ0) is 13.0. The van der Waals surface area contributed by atoms with Crippen LogP contribution < -0.4 is 5.32 Å². The molecule has 0 aromatic rings. The van der Waals surface area contributed by atoms with Crippen molar-refractivity contribution < 1.29 is 0 Å². The lowest BCUT2D eigenvalue weighted by Crippen LogP contribution is -2.57. The first-order valence-corrected chi connectivity index (χ1v) is 8.20. The van der Waals surface area contributed by atoms with Gasteiger partial charge in [0.1, 0.15) is 0 Å². The first-order chi connectivity index (χ1) is 8.72. The number of hydrogen-bond donors (Lipinski definition) is 1. The number of nitrogens with zero attached hydrogens (tertiary/aromatic N) is 1. The third kappa shape index (κ3) is 3.71. The molecule has 4 atom stereocenters. The minimum Gasteiger partial charge on any atom is -0.311 e. The predicted molar refractivity (Wildman–Crippen MR) is 78.9 cm³/mol. The summed E-state index contributed by atoms with van der Waals surface area (Å²) < 4.78 is 0. The molecule has 1 N–H and O–H groups in total. The van der Waals surface area contributed by atoms with Crippen molar-refractivity contribution in [2.75, 3.05) is 19.6 Å². The van der Waals surface area contributed by atoms with Crippen molar-refractivity contribution in [1.29, 1.82) is 0 Å². The first-order valence-electron chi connectivity index (χ1n) is 8.20. The first kappa shape index (κ1) is 14.3. The van der Waals surface area contributed by atoms with Crippen molar-refractivity contribution in [2.45, 2.75) is 71.4 Å². The molecular formula is C16H32N2. The molecule has 0 bridgehead atoms. The summed E-state index contributed by atoms with van der Waals surface area (Å²) in [5.74, 6) is 1.96. The van der Waals surface area contributed by atoms with Gasteiger partial charge in [-0.15, -0.1) is 0 Å². The van der Waals surface area contributed by atoms with Crippen LogP contribution in [0.5, 0.6) is 0 Å². The van der Waals surface area contributed by atoms with E-state index in [1.165, 1.54) is 58.2 Å². The van der Waals surface area contributed by atoms with E-state index in [1.54, 1.807) is 0 Å². The van der Waals surface area contributed by atoms with Crippen LogP contribution in [0.25, 0.3) is 0 Å². The van der Waals surface area contributed by atoms with E-state index >= 15 is 0 Å². The smallest absolute Gasteiger partial charge is 0.0218 e.